The molecule has 0 aromatic heterocycles. The summed E-state index contributed by atoms with van der Waals surface area (Å²) in [7, 11) is 0. The smallest absolute Gasteiger partial charge is 0.326 e. The second-order valence-electron chi connectivity index (χ2n) is 8.67. The van der Waals surface area contributed by atoms with Gasteiger partial charge in [0, 0.05) is 6.04 Å². The highest BCUT2D eigenvalue weighted by Gasteiger charge is 2.56. The molecule has 3 fully saturated rings. The highest BCUT2D eigenvalue weighted by Crippen LogP contribution is 2.48. The quantitative estimate of drug-likeness (QED) is 0.583. The molecular formula is C21H34N2O5. The normalized spacial score (nSPS) is 29.1. The Bertz CT molecular complexity index is 589. The third-order valence-electron chi connectivity index (χ3n) is 6.62. The van der Waals surface area contributed by atoms with Gasteiger partial charge in [-0.1, -0.05) is 32.1 Å². The summed E-state index contributed by atoms with van der Waals surface area (Å²) in [5.74, 6) is -0.514. The molecule has 2 saturated carbocycles. The molecule has 0 bridgehead atoms. The Morgan fingerprint density at radius 3 is 2.54 bits per heavy atom. The third kappa shape index (κ3) is 4.85. The van der Waals surface area contributed by atoms with Gasteiger partial charge < -0.3 is 14.7 Å². The van der Waals surface area contributed by atoms with Gasteiger partial charge in [-0.3, -0.25) is 14.9 Å². The average Bonchev–Trinajstić information content (AvgIpc) is 3.35. The van der Waals surface area contributed by atoms with Gasteiger partial charge >= 0.3 is 11.9 Å². The first-order chi connectivity index (χ1) is 13.4. The van der Waals surface area contributed by atoms with Gasteiger partial charge in [0.2, 0.25) is 5.91 Å². The van der Waals surface area contributed by atoms with Gasteiger partial charge in [0.05, 0.1) is 12.6 Å². The molecule has 5 atom stereocenters. The Labute approximate surface area is 167 Å². The number of ether oxygens (including phenoxy) is 1. The summed E-state index contributed by atoms with van der Waals surface area (Å²) < 4.78 is 5.22. The monoisotopic (exact) mass is 394 g/mol. The van der Waals surface area contributed by atoms with Gasteiger partial charge in [-0.2, -0.15) is 0 Å². The van der Waals surface area contributed by atoms with Gasteiger partial charge in [0.15, 0.2) is 0 Å². The number of carboxylic acid groups (broad SMARTS) is 1. The Kier molecular flexibility index (Phi) is 6.96. The van der Waals surface area contributed by atoms with E-state index < -0.39 is 24.1 Å². The number of aliphatic carboxylic acids is 1. The first kappa shape index (κ1) is 21.1. The van der Waals surface area contributed by atoms with Crippen LogP contribution in [0.3, 0.4) is 0 Å². The van der Waals surface area contributed by atoms with Crippen LogP contribution in [0.1, 0.15) is 71.6 Å². The number of hydrogen-bond acceptors (Lipinski definition) is 5. The minimum Gasteiger partial charge on any atom is -0.480 e. The van der Waals surface area contributed by atoms with Gasteiger partial charge in [0.25, 0.3) is 0 Å². The van der Waals surface area contributed by atoms with Crippen molar-refractivity contribution in [2.75, 3.05) is 6.61 Å². The fourth-order valence-electron chi connectivity index (χ4n) is 4.98. The number of esters is 1. The molecule has 3 aliphatic rings. The largest absolute Gasteiger partial charge is 0.480 e. The highest BCUT2D eigenvalue weighted by molar-refractivity contribution is 5.89. The molecular weight excluding hydrogens is 360 g/mol. The fourth-order valence-corrected chi connectivity index (χ4v) is 4.98. The lowest BCUT2D eigenvalue weighted by Crippen LogP contribution is -2.54. The number of likely N-dealkylation sites (tertiary alicyclic amines) is 1. The zero-order valence-corrected chi connectivity index (χ0v) is 17.1. The summed E-state index contributed by atoms with van der Waals surface area (Å²) in [6.45, 7) is 3.81. The maximum atomic E-state index is 13.0. The molecule has 2 aliphatic carbocycles. The SMILES string of the molecule is CCOC(=O)C(CCC1CCCCC1)N[C@@H](C)C(=O)N1C(C(=O)O)CC2CC21. The van der Waals surface area contributed by atoms with Crippen molar-refractivity contribution in [2.24, 2.45) is 11.8 Å². The number of rotatable bonds is 9. The first-order valence-corrected chi connectivity index (χ1v) is 10.9. The fraction of sp³-hybridized carbons (Fsp3) is 0.857. The van der Waals surface area contributed by atoms with Crippen molar-refractivity contribution in [3.05, 3.63) is 0 Å². The van der Waals surface area contributed by atoms with E-state index in [0.29, 0.717) is 31.3 Å². The van der Waals surface area contributed by atoms with E-state index in [2.05, 4.69) is 5.32 Å². The molecule has 0 aromatic rings. The number of piperidine rings is 1. The molecule has 0 spiro atoms. The molecule has 1 amide bonds. The second-order valence-corrected chi connectivity index (χ2v) is 8.67. The van der Waals surface area contributed by atoms with Gasteiger partial charge in [-0.15, -0.1) is 0 Å². The van der Waals surface area contributed by atoms with Gasteiger partial charge in [-0.05, 0) is 51.4 Å². The Hall–Kier alpha value is -1.63. The molecule has 1 heterocycles. The number of fused-ring (bicyclic) bond motifs is 1. The maximum Gasteiger partial charge on any atom is 0.326 e. The molecule has 0 aromatic carbocycles. The molecule has 3 rings (SSSR count). The van der Waals surface area contributed by atoms with E-state index in [1.807, 2.05) is 0 Å². The van der Waals surface area contributed by atoms with E-state index >= 15 is 0 Å². The molecule has 28 heavy (non-hydrogen) atoms. The van der Waals surface area contributed by atoms with E-state index in [4.69, 9.17) is 4.74 Å². The van der Waals surface area contributed by atoms with E-state index in [-0.39, 0.29) is 17.9 Å². The van der Waals surface area contributed by atoms with E-state index in [0.717, 1.165) is 12.8 Å². The molecule has 4 unspecified atom stereocenters. The van der Waals surface area contributed by atoms with Crippen molar-refractivity contribution in [1.29, 1.82) is 0 Å². The zero-order chi connectivity index (χ0) is 20.3. The predicted octanol–water partition coefficient (Wildman–Crippen LogP) is 2.33. The van der Waals surface area contributed by atoms with Crippen LogP contribution in [0.5, 0.6) is 0 Å². The van der Waals surface area contributed by atoms with Crippen LogP contribution in [0, 0.1) is 11.8 Å². The van der Waals surface area contributed by atoms with Crippen molar-refractivity contribution in [3.8, 4) is 0 Å². The van der Waals surface area contributed by atoms with Crippen LogP contribution in [0.2, 0.25) is 0 Å². The molecule has 0 radical (unpaired) electrons. The second kappa shape index (κ2) is 9.25. The van der Waals surface area contributed by atoms with Crippen molar-refractivity contribution in [2.45, 2.75) is 95.8 Å². The predicted molar refractivity (Wildman–Crippen MR) is 104 cm³/mol. The molecule has 7 heteroatoms. The Balaban J connectivity index is 1.59. The number of nitrogens with one attached hydrogen (secondary N) is 1. The average molecular weight is 395 g/mol. The summed E-state index contributed by atoms with van der Waals surface area (Å²) >= 11 is 0. The standard InChI is InChI=1S/C21H34N2O5/c1-3-28-21(27)16(10-9-14-7-5-4-6-8-14)22-13(2)19(24)23-17-11-15(17)12-18(23)20(25)26/h13-18,22H,3-12H2,1-2H3,(H,25,26)/t13-,15?,16?,17?,18?/m0/s1. The number of nitrogens with zero attached hydrogens (tertiary/aromatic N) is 1. The molecule has 158 valence electrons. The van der Waals surface area contributed by atoms with Crippen LogP contribution in [-0.2, 0) is 19.1 Å². The first-order valence-electron chi connectivity index (χ1n) is 10.9. The third-order valence-corrected chi connectivity index (χ3v) is 6.62. The van der Waals surface area contributed by atoms with Crippen LogP contribution < -0.4 is 5.32 Å². The topological polar surface area (TPSA) is 95.9 Å². The molecule has 2 N–H and O–H groups in total. The summed E-state index contributed by atoms with van der Waals surface area (Å²) in [4.78, 5) is 38.4. The molecule has 1 saturated heterocycles. The van der Waals surface area contributed by atoms with Crippen molar-refractivity contribution in [1.82, 2.24) is 10.2 Å². The number of carboxylic acids is 1. The highest BCUT2D eigenvalue weighted by atomic mass is 16.5. The van der Waals surface area contributed by atoms with Crippen LogP contribution >= 0.6 is 0 Å². The number of hydrogen-bond donors (Lipinski definition) is 2. The minimum absolute atomic E-state index is 0.0566. The Morgan fingerprint density at radius 1 is 1.18 bits per heavy atom. The van der Waals surface area contributed by atoms with E-state index in [1.54, 1.807) is 13.8 Å². The number of amides is 1. The van der Waals surface area contributed by atoms with Gasteiger partial charge in [0.1, 0.15) is 12.1 Å². The lowest BCUT2D eigenvalue weighted by molar-refractivity contribution is -0.151. The van der Waals surface area contributed by atoms with E-state index in [1.165, 1.54) is 37.0 Å². The maximum absolute atomic E-state index is 13.0. The molecule has 1 aliphatic heterocycles. The minimum atomic E-state index is -0.938. The van der Waals surface area contributed by atoms with E-state index in [9.17, 15) is 19.5 Å². The zero-order valence-electron chi connectivity index (χ0n) is 17.1. The molecule has 7 nitrogen and oxygen atoms in total. The summed E-state index contributed by atoms with van der Waals surface area (Å²) in [6, 6.07) is -1.81. The van der Waals surface area contributed by atoms with Crippen LogP contribution in [0.4, 0.5) is 0 Å². The van der Waals surface area contributed by atoms with Crippen LogP contribution in [0.25, 0.3) is 0 Å². The van der Waals surface area contributed by atoms with Crippen molar-refractivity contribution < 1.29 is 24.2 Å². The van der Waals surface area contributed by atoms with Crippen LogP contribution in [-0.4, -0.2) is 58.6 Å². The lowest BCUT2D eigenvalue weighted by atomic mass is 9.85. The van der Waals surface area contributed by atoms with Crippen LogP contribution in [0.15, 0.2) is 0 Å². The Morgan fingerprint density at radius 2 is 1.89 bits per heavy atom. The lowest BCUT2D eigenvalue weighted by Gasteiger charge is -2.30. The van der Waals surface area contributed by atoms with Crippen molar-refractivity contribution >= 4 is 17.8 Å². The van der Waals surface area contributed by atoms with Gasteiger partial charge in [-0.25, -0.2) is 4.79 Å². The number of carbonyl (C=O) groups excluding carboxylic acids is 2. The summed E-state index contributed by atoms with van der Waals surface area (Å²) in [6.07, 6.45) is 9.26. The van der Waals surface area contributed by atoms with Crippen molar-refractivity contribution in [3.63, 3.8) is 0 Å². The summed E-state index contributed by atoms with van der Waals surface area (Å²) in [5, 5.41) is 12.6. The summed E-state index contributed by atoms with van der Waals surface area (Å²) in [5.41, 5.74) is 0. The number of carbonyl (C=O) groups is 3.